The van der Waals surface area contributed by atoms with Crippen molar-refractivity contribution in [1.29, 1.82) is 0 Å². The number of guanidine groups is 1. The second-order valence-electron chi connectivity index (χ2n) is 6.51. The van der Waals surface area contributed by atoms with E-state index in [0.717, 1.165) is 30.0 Å². The van der Waals surface area contributed by atoms with Crippen LogP contribution in [-0.4, -0.2) is 46.4 Å². The summed E-state index contributed by atoms with van der Waals surface area (Å²) in [6.45, 7) is 3.83. The summed E-state index contributed by atoms with van der Waals surface area (Å²) in [6.07, 6.45) is 0. The Morgan fingerprint density at radius 1 is 1.07 bits per heavy atom. The van der Waals surface area contributed by atoms with Crippen LogP contribution in [0.1, 0.15) is 11.1 Å². The molecule has 29 heavy (non-hydrogen) atoms. The monoisotopic (exact) mass is 514 g/mol. The van der Waals surface area contributed by atoms with Gasteiger partial charge < -0.3 is 25.0 Å². The molecule has 0 saturated carbocycles. The molecular formula is C21H28FIN4O2. The zero-order valence-corrected chi connectivity index (χ0v) is 19.1. The third-order valence-electron chi connectivity index (χ3n) is 4.67. The van der Waals surface area contributed by atoms with Crippen molar-refractivity contribution in [3.63, 3.8) is 0 Å². The smallest absolute Gasteiger partial charge is 0.191 e. The molecule has 2 aromatic rings. The first-order chi connectivity index (χ1) is 13.7. The molecule has 8 heteroatoms. The highest BCUT2D eigenvalue weighted by Gasteiger charge is 2.15. The summed E-state index contributed by atoms with van der Waals surface area (Å²) >= 11 is 0. The van der Waals surface area contributed by atoms with Crippen LogP contribution in [0, 0.1) is 5.82 Å². The quantitative estimate of drug-likeness (QED) is 0.353. The van der Waals surface area contributed by atoms with Crippen molar-refractivity contribution >= 4 is 35.6 Å². The highest BCUT2D eigenvalue weighted by molar-refractivity contribution is 14.0. The standard InChI is InChI=1S/C21H27FN4O2.HI/c1-23-21(24-14-16-3-6-18(27-2)7-4-16)25-15-17-5-8-20(19(22)13-17)26-9-11-28-12-10-26;/h3-8,13H,9-12,14-15H2,1-2H3,(H2,23,24,25);1H. The highest BCUT2D eigenvalue weighted by atomic mass is 127. The van der Waals surface area contributed by atoms with Crippen LogP contribution in [-0.2, 0) is 17.8 Å². The molecule has 6 nitrogen and oxygen atoms in total. The molecule has 0 aliphatic carbocycles. The van der Waals surface area contributed by atoms with E-state index < -0.39 is 0 Å². The van der Waals surface area contributed by atoms with E-state index in [1.807, 2.05) is 41.3 Å². The average molecular weight is 514 g/mol. The zero-order valence-electron chi connectivity index (χ0n) is 16.8. The Bertz CT molecular complexity index is 796. The van der Waals surface area contributed by atoms with Crippen molar-refractivity contribution in [1.82, 2.24) is 10.6 Å². The fraction of sp³-hybridized carbons (Fsp3) is 0.381. The molecule has 0 atom stereocenters. The molecular weight excluding hydrogens is 486 g/mol. The van der Waals surface area contributed by atoms with Crippen LogP contribution >= 0.6 is 24.0 Å². The van der Waals surface area contributed by atoms with Crippen LogP contribution in [0.25, 0.3) is 0 Å². The molecule has 0 radical (unpaired) electrons. The van der Waals surface area contributed by atoms with Crippen molar-refractivity contribution in [2.24, 2.45) is 4.99 Å². The highest BCUT2D eigenvalue weighted by Crippen LogP contribution is 2.21. The molecule has 1 saturated heterocycles. The molecule has 2 N–H and O–H groups in total. The number of methoxy groups -OCH3 is 1. The van der Waals surface area contributed by atoms with Crippen molar-refractivity contribution in [3.8, 4) is 5.75 Å². The maximum atomic E-state index is 14.5. The lowest BCUT2D eigenvalue weighted by Gasteiger charge is -2.29. The second kappa shape index (κ2) is 11.8. The topological polar surface area (TPSA) is 58.1 Å². The van der Waals surface area contributed by atoms with E-state index >= 15 is 0 Å². The van der Waals surface area contributed by atoms with Crippen LogP contribution in [0.5, 0.6) is 5.75 Å². The Morgan fingerprint density at radius 2 is 1.69 bits per heavy atom. The van der Waals surface area contributed by atoms with E-state index in [9.17, 15) is 4.39 Å². The lowest BCUT2D eigenvalue weighted by Crippen LogP contribution is -2.37. The van der Waals surface area contributed by atoms with Crippen LogP contribution < -0.4 is 20.3 Å². The molecule has 1 fully saturated rings. The number of rotatable bonds is 6. The number of nitrogens with one attached hydrogen (secondary N) is 2. The van der Waals surface area contributed by atoms with Gasteiger partial charge in [-0.15, -0.1) is 24.0 Å². The first-order valence-electron chi connectivity index (χ1n) is 9.38. The lowest BCUT2D eigenvalue weighted by molar-refractivity contribution is 0.122. The summed E-state index contributed by atoms with van der Waals surface area (Å²) < 4.78 is 25.0. The van der Waals surface area contributed by atoms with E-state index in [2.05, 4.69) is 15.6 Å². The van der Waals surface area contributed by atoms with Crippen LogP contribution in [0.4, 0.5) is 10.1 Å². The summed E-state index contributed by atoms with van der Waals surface area (Å²) in [5, 5.41) is 6.47. The average Bonchev–Trinajstić information content (AvgIpc) is 2.75. The Labute approximate surface area is 188 Å². The van der Waals surface area contributed by atoms with Crippen LogP contribution in [0.2, 0.25) is 0 Å². The third-order valence-corrected chi connectivity index (χ3v) is 4.67. The largest absolute Gasteiger partial charge is 0.497 e. The minimum Gasteiger partial charge on any atom is -0.497 e. The molecule has 0 bridgehead atoms. The summed E-state index contributed by atoms with van der Waals surface area (Å²) in [4.78, 5) is 6.24. The number of morpholine rings is 1. The first kappa shape index (κ1) is 23.2. The molecule has 1 heterocycles. The predicted molar refractivity (Wildman–Crippen MR) is 125 cm³/mol. The van der Waals surface area contributed by atoms with Crippen molar-refractivity contribution in [2.75, 3.05) is 45.4 Å². The van der Waals surface area contributed by atoms with E-state index in [1.54, 1.807) is 20.2 Å². The van der Waals surface area contributed by atoms with Gasteiger partial charge in [-0.2, -0.15) is 0 Å². The number of nitrogens with zero attached hydrogens (tertiary/aromatic N) is 2. The number of benzene rings is 2. The molecule has 1 aliphatic heterocycles. The Balaban J connectivity index is 0.00000300. The van der Waals surface area contributed by atoms with Gasteiger partial charge in [0.25, 0.3) is 0 Å². The number of hydrogen-bond acceptors (Lipinski definition) is 4. The van der Waals surface area contributed by atoms with Gasteiger partial charge in [0.15, 0.2) is 5.96 Å². The Morgan fingerprint density at radius 3 is 2.28 bits per heavy atom. The second-order valence-corrected chi connectivity index (χ2v) is 6.51. The molecule has 3 rings (SSSR count). The summed E-state index contributed by atoms with van der Waals surface area (Å²) in [5.74, 6) is 1.28. The maximum Gasteiger partial charge on any atom is 0.191 e. The van der Waals surface area contributed by atoms with Crippen LogP contribution in [0.15, 0.2) is 47.5 Å². The van der Waals surface area contributed by atoms with Gasteiger partial charge in [-0.3, -0.25) is 4.99 Å². The molecule has 1 aliphatic rings. The molecule has 0 aromatic heterocycles. The van der Waals surface area contributed by atoms with Gasteiger partial charge in [0.2, 0.25) is 0 Å². The SMILES string of the molecule is CN=C(NCc1ccc(OC)cc1)NCc1ccc(N2CCOCC2)c(F)c1.I. The number of halogens is 2. The lowest BCUT2D eigenvalue weighted by atomic mass is 10.1. The summed E-state index contributed by atoms with van der Waals surface area (Å²) in [7, 11) is 3.36. The molecule has 0 spiro atoms. The summed E-state index contributed by atoms with van der Waals surface area (Å²) in [5.41, 5.74) is 2.61. The molecule has 0 amide bonds. The minimum atomic E-state index is -0.206. The van der Waals surface area contributed by atoms with Crippen LogP contribution in [0.3, 0.4) is 0 Å². The van der Waals surface area contributed by atoms with E-state index in [1.165, 1.54) is 0 Å². The maximum absolute atomic E-state index is 14.5. The third kappa shape index (κ3) is 6.74. The van der Waals surface area contributed by atoms with E-state index in [-0.39, 0.29) is 29.8 Å². The fourth-order valence-electron chi connectivity index (χ4n) is 3.06. The zero-order chi connectivity index (χ0) is 19.8. The number of anilines is 1. The fourth-order valence-corrected chi connectivity index (χ4v) is 3.06. The number of hydrogen-bond donors (Lipinski definition) is 2. The van der Waals surface area contributed by atoms with Gasteiger partial charge in [-0.05, 0) is 35.4 Å². The van der Waals surface area contributed by atoms with Gasteiger partial charge in [0.1, 0.15) is 11.6 Å². The van der Waals surface area contributed by atoms with Gasteiger partial charge in [0.05, 0.1) is 26.0 Å². The number of ether oxygens (including phenoxy) is 2. The van der Waals surface area contributed by atoms with Gasteiger partial charge in [0, 0.05) is 33.2 Å². The molecule has 2 aromatic carbocycles. The normalized spacial score (nSPS) is 14.2. The molecule has 158 valence electrons. The minimum absolute atomic E-state index is 0. The van der Waals surface area contributed by atoms with E-state index in [0.29, 0.717) is 38.0 Å². The molecule has 0 unspecified atom stereocenters. The van der Waals surface area contributed by atoms with Gasteiger partial charge in [-0.25, -0.2) is 4.39 Å². The predicted octanol–water partition coefficient (Wildman–Crippen LogP) is 3.15. The Kier molecular flexibility index (Phi) is 9.46. The van der Waals surface area contributed by atoms with Gasteiger partial charge in [-0.1, -0.05) is 18.2 Å². The summed E-state index contributed by atoms with van der Waals surface area (Å²) in [6, 6.07) is 13.2. The van der Waals surface area contributed by atoms with Crippen molar-refractivity contribution in [3.05, 3.63) is 59.4 Å². The van der Waals surface area contributed by atoms with Gasteiger partial charge >= 0.3 is 0 Å². The number of aliphatic imine (C=N–C) groups is 1. The Hall–Kier alpha value is -2.07. The first-order valence-corrected chi connectivity index (χ1v) is 9.38. The van der Waals surface area contributed by atoms with Crippen molar-refractivity contribution < 1.29 is 13.9 Å². The van der Waals surface area contributed by atoms with E-state index in [4.69, 9.17) is 9.47 Å². The van der Waals surface area contributed by atoms with Crippen molar-refractivity contribution in [2.45, 2.75) is 13.1 Å².